The van der Waals surface area contributed by atoms with Crippen molar-refractivity contribution in [3.63, 3.8) is 0 Å². The smallest absolute Gasteiger partial charge is 0.339 e. The minimum atomic E-state index is -4.24. The Morgan fingerprint density at radius 1 is 1.24 bits per heavy atom. The van der Waals surface area contributed by atoms with Crippen LogP contribution in [0, 0.1) is 6.92 Å². The molecule has 134 valence electrons. The van der Waals surface area contributed by atoms with E-state index in [1.807, 2.05) is 0 Å². The SMILES string of the molecule is Cc1cc(C(=O)O)c(O)c(S(=O)(=O)Nc2cccc(Cl)c2N(C)C)c1. The van der Waals surface area contributed by atoms with E-state index in [2.05, 4.69) is 4.72 Å². The van der Waals surface area contributed by atoms with E-state index in [9.17, 15) is 18.3 Å². The van der Waals surface area contributed by atoms with Crippen molar-refractivity contribution in [3.05, 3.63) is 46.5 Å². The fraction of sp³-hybridized carbons (Fsp3) is 0.188. The van der Waals surface area contributed by atoms with Crippen molar-refractivity contribution in [2.45, 2.75) is 11.8 Å². The molecule has 0 amide bonds. The zero-order valence-electron chi connectivity index (χ0n) is 13.7. The average Bonchev–Trinajstić information content (AvgIpc) is 2.48. The number of nitrogens with one attached hydrogen (secondary N) is 1. The molecule has 0 aliphatic heterocycles. The lowest BCUT2D eigenvalue weighted by molar-refractivity contribution is 0.0693. The minimum Gasteiger partial charge on any atom is -0.506 e. The van der Waals surface area contributed by atoms with Crippen molar-refractivity contribution < 1.29 is 23.4 Å². The number of carboxylic acid groups (broad SMARTS) is 1. The second-order valence-electron chi connectivity index (χ2n) is 5.60. The van der Waals surface area contributed by atoms with Crippen LogP contribution in [-0.4, -0.2) is 38.7 Å². The Balaban J connectivity index is 2.59. The van der Waals surface area contributed by atoms with Crippen LogP contribution in [0.4, 0.5) is 11.4 Å². The molecule has 0 unspecified atom stereocenters. The van der Waals surface area contributed by atoms with Gasteiger partial charge in [-0.1, -0.05) is 17.7 Å². The molecule has 0 heterocycles. The van der Waals surface area contributed by atoms with Gasteiger partial charge in [-0.05, 0) is 36.8 Å². The number of phenols is 1. The van der Waals surface area contributed by atoms with Gasteiger partial charge < -0.3 is 15.1 Å². The van der Waals surface area contributed by atoms with Crippen LogP contribution >= 0.6 is 11.6 Å². The molecule has 0 aliphatic rings. The molecule has 2 aromatic rings. The Bertz CT molecular complexity index is 942. The van der Waals surface area contributed by atoms with E-state index in [0.717, 1.165) is 0 Å². The van der Waals surface area contributed by atoms with Crippen molar-refractivity contribution >= 4 is 39.0 Å². The normalized spacial score (nSPS) is 11.2. The number of hydrogen-bond acceptors (Lipinski definition) is 5. The van der Waals surface area contributed by atoms with Gasteiger partial charge in [0, 0.05) is 14.1 Å². The molecule has 0 spiro atoms. The second-order valence-corrected chi connectivity index (χ2v) is 7.66. The van der Waals surface area contributed by atoms with Gasteiger partial charge in [0.1, 0.15) is 10.5 Å². The minimum absolute atomic E-state index is 0.204. The van der Waals surface area contributed by atoms with Crippen LogP contribution < -0.4 is 9.62 Å². The van der Waals surface area contributed by atoms with Gasteiger partial charge >= 0.3 is 5.97 Å². The van der Waals surface area contributed by atoms with Gasteiger partial charge in [0.15, 0.2) is 5.75 Å². The summed E-state index contributed by atoms with van der Waals surface area (Å²) in [6.07, 6.45) is 0. The van der Waals surface area contributed by atoms with Crippen molar-refractivity contribution in [1.29, 1.82) is 0 Å². The van der Waals surface area contributed by atoms with Gasteiger partial charge in [-0.2, -0.15) is 0 Å². The number of carboxylic acids is 1. The molecule has 0 bridgehead atoms. The summed E-state index contributed by atoms with van der Waals surface area (Å²) < 4.78 is 27.8. The van der Waals surface area contributed by atoms with E-state index in [4.69, 9.17) is 16.7 Å². The molecule has 7 nitrogen and oxygen atoms in total. The van der Waals surface area contributed by atoms with Crippen molar-refractivity contribution in [2.24, 2.45) is 0 Å². The lowest BCUT2D eigenvalue weighted by Crippen LogP contribution is -2.18. The second kappa shape index (κ2) is 6.81. The maximum atomic E-state index is 12.7. The average molecular weight is 385 g/mol. The number of para-hydroxylation sites is 1. The Hall–Kier alpha value is -2.45. The molecule has 0 aliphatic carbocycles. The number of sulfonamides is 1. The lowest BCUT2D eigenvalue weighted by Gasteiger charge is -2.20. The maximum Gasteiger partial charge on any atom is 0.339 e. The molecule has 2 rings (SSSR count). The maximum absolute atomic E-state index is 12.7. The van der Waals surface area contributed by atoms with Crippen molar-refractivity contribution in [3.8, 4) is 5.75 Å². The molecular weight excluding hydrogens is 368 g/mol. The van der Waals surface area contributed by atoms with E-state index in [1.165, 1.54) is 25.1 Å². The fourth-order valence-electron chi connectivity index (χ4n) is 2.37. The number of aromatic hydroxyl groups is 1. The van der Waals surface area contributed by atoms with Gasteiger partial charge in [-0.3, -0.25) is 4.72 Å². The van der Waals surface area contributed by atoms with Crippen molar-refractivity contribution in [2.75, 3.05) is 23.7 Å². The highest BCUT2D eigenvalue weighted by Crippen LogP contribution is 2.36. The van der Waals surface area contributed by atoms with Crippen LogP contribution in [0.25, 0.3) is 0 Å². The molecule has 0 atom stereocenters. The Morgan fingerprint density at radius 2 is 1.88 bits per heavy atom. The molecule has 0 radical (unpaired) electrons. The van der Waals surface area contributed by atoms with Crippen LogP contribution in [0.2, 0.25) is 5.02 Å². The summed E-state index contributed by atoms with van der Waals surface area (Å²) in [7, 11) is -0.844. The molecule has 0 saturated heterocycles. The third-order valence-electron chi connectivity index (χ3n) is 3.42. The van der Waals surface area contributed by atoms with Crippen LogP contribution in [0.1, 0.15) is 15.9 Å². The first-order chi connectivity index (χ1) is 11.5. The molecule has 2 aromatic carbocycles. The summed E-state index contributed by atoms with van der Waals surface area (Å²) in [4.78, 5) is 12.3. The number of halogens is 1. The first-order valence-electron chi connectivity index (χ1n) is 7.10. The molecular formula is C16H17ClN2O5S. The summed E-state index contributed by atoms with van der Waals surface area (Å²) in [6.45, 7) is 1.54. The number of aryl methyl sites for hydroxylation is 1. The van der Waals surface area contributed by atoms with Gasteiger partial charge in [0.25, 0.3) is 10.0 Å². The molecule has 0 saturated carbocycles. The Kier molecular flexibility index (Phi) is 5.15. The first kappa shape index (κ1) is 18.9. The van der Waals surface area contributed by atoms with E-state index in [1.54, 1.807) is 31.1 Å². The van der Waals surface area contributed by atoms with E-state index < -0.39 is 32.2 Å². The van der Waals surface area contributed by atoms with Crippen molar-refractivity contribution in [1.82, 2.24) is 0 Å². The third kappa shape index (κ3) is 3.80. The number of rotatable bonds is 5. The molecule has 0 fully saturated rings. The quantitative estimate of drug-likeness (QED) is 0.731. The zero-order valence-corrected chi connectivity index (χ0v) is 15.3. The largest absolute Gasteiger partial charge is 0.506 e. The van der Waals surface area contributed by atoms with Crippen LogP contribution in [0.5, 0.6) is 5.75 Å². The van der Waals surface area contributed by atoms with Gasteiger partial charge in [0.05, 0.1) is 16.4 Å². The predicted octanol–water partition coefficient (Wildman–Crippen LogP) is 2.92. The van der Waals surface area contributed by atoms with E-state index in [-0.39, 0.29) is 5.69 Å². The zero-order chi connectivity index (χ0) is 18.9. The fourth-order valence-corrected chi connectivity index (χ4v) is 3.98. The molecule has 0 aromatic heterocycles. The van der Waals surface area contributed by atoms with Crippen LogP contribution in [0.15, 0.2) is 35.2 Å². The molecule has 9 heteroatoms. The highest BCUT2D eigenvalue weighted by Gasteiger charge is 2.25. The van der Waals surface area contributed by atoms with E-state index >= 15 is 0 Å². The summed E-state index contributed by atoms with van der Waals surface area (Å²) in [5, 5.41) is 19.6. The summed E-state index contributed by atoms with van der Waals surface area (Å²) in [6, 6.07) is 7.10. The monoisotopic (exact) mass is 384 g/mol. The highest BCUT2D eigenvalue weighted by atomic mass is 35.5. The lowest BCUT2D eigenvalue weighted by atomic mass is 10.1. The van der Waals surface area contributed by atoms with Crippen LogP contribution in [-0.2, 0) is 10.0 Å². The number of aromatic carboxylic acids is 1. The van der Waals surface area contributed by atoms with E-state index in [0.29, 0.717) is 16.3 Å². The van der Waals surface area contributed by atoms with Gasteiger partial charge in [-0.25, -0.2) is 13.2 Å². The number of benzene rings is 2. The Morgan fingerprint density at radius 3 is 2.44 bits per heavy atom. The topological polar surface area (TPSA) is 107 Å². The molecule has 25 heavy (non-hydrogen) atoms. The summed E-state index contributed by atoms with van der Waals surface area (Å²) in [5.74, 6) is -2.24. The number of hydrogen-bond donors (Lipinski definition) is 3. The van der Waals surface area contributed by atoms with Gasteiger partial charge in [0.2, 0.25) is 0 Å². The number of nitrogens with zero attached hydrogens (tertiary/aromatic N) is 1. The Labute approximate surface area is 150 Å². The van der Waals surface area contributed by atoms with Gasteiger partial charge in [-0.15, -0.1) is 0 Å². The molecule has 3 N–H and O–H groups in total. The number of carbonyl (C=O) groups is 1. The standard InChI is InChI=1S/C16H17ClN2O5S/c1-9-7-10(16(21)22)15(20)13(8-9)25(23,24)18-12-6-4-5-11(17)14(12)19(2)3/h4-8,18,20H,1-3H3,(H,21,22). The van der Waals surface area contributed by atoms with Crippen LogP contribution in [0.3, 0.4) is 0 Å². The third-order valence-corrected chi connectivity index (χ3v) is 5.10. The summed E-state index contributed by atoms with van der Waals surface area (Å²) >= 11 is 6.12. The number of anilines is 2. The summed E-state index contributed by atoms with van der Waals surface area (Å²) in [5.41, 5.74) is 0.544. The predicted molar refractivity (Wildman–Crippen MR) is 96.4 cm³/mol. The highest BCUT2D eigenvalue weighted by molar-refractivity contribution is 7.92. The first-order valence-corrected chi connectivity index (χ1v) is 8.96.